The molecule has 1 aliphatic carbocycles. The Morgan fingerprint density at radius 3 is 2.59 bits per heavy atom. The molecule has 1 saturated carbocycles. The average molecular weight is 236 g/mol. The molecule has 0 bridgehead atoms. The third-order valence-electron chi connectivity index (χ3n) is 3.95. The van der Waals surface area contributed by atoms with Crippen LogP contribution in [0.5, 0.6) is 0 Å². The van der Waals surface area contributed by atoms with Gasteiger partial charge in [0.2, 0.25) is 0 Å². The van der Waals surface area contributed by atoms with Crippen LogP contribution in [-0.2, 0) is 0 Å². The van der Waals surface area contributed by atoms with E-state index in [0.717, 1.165) is 11.6 Å². The number of hydrogen-bond acceptors (Lipinski definition) is 3. The second-order valence-corrected chi connectivity index (χ2v) is 6.02. The van der Waals surface area contributed by atoms with Crippen LogP contribution in [0.2, 0.25) is 0 Å². The van der Waals surface area contributed by atoms with Gasteiger partial charge in [-0.25, -0.2) is 9.67 Å². The number of aromatic nitrogens is 3. The Morgan fingerprint density at radius 2 is 2.06 bits per heavy atom. The van der Waals surface area contributed by atoms with E-state index in [9.17, 15) is 0 Å². The van der Waals surface area contributed by atoms with Gasteiger partial charge in [-0.15, -0.1) is 0 Å². The molecule has 17 heavy (non-hydrogen) atoms. The highest BCUT2D eigenvalue weighted by Gasteiger charge is 2.36. The van der Waals surface area contributed by atoms with Crippen LogP contribution >= 0.6 is 0 Å². The van der Waals surface area contributed by atoms with Crippen LogP contribution < -0.4 is 5.32 Å². The fraction of sp³-hybridized carbons (Fsp3) is 0.846. The van der Waals surface area contributed by atoms with Crippen molar-refractivity contribution in [2.75, 3.05) is 7.05 Å². The molecule has 1 N–H and O–H groups in total. The number of likely N-dealkylation sites (N-methyl/N-ethyl adjacent to an activating group) is 1. The van der Waals surface area contributed by atoms with E-state index in [2.05, 4.69) is 41.0 Å². The fourth-order valence-corrected chi connectivity index (χ4v) is 2.99. The Hall–Kier alpha value is -0.900. The smallest absolute Gasteiger partial charge is 0.147 e. The molecule has 4 nitrogen and oxygen atoms in total. The lowest BCUT2D eigenvalue weighted by atomic mass is 9.73. The minimum atomic E-state index is 0.407. The average Bonchev–Trinajstić information content (AvgIpc) is 2.56. The van der Waals surface area contributed by atoms with Gasteiger partial charge in [-0.3, -0.25) is 0 Å². The van der Waals surface area contributed by atoms with Gasteiger partial charge in [0.15, 0.2) is 0 Å². The van der Waals surface area contributed by atoms with Crippen LogP contribution in [0, 0.1) is 19.3 Å². The first-order chi connectivity index (χ1) is 7.93. The summed E-state index contributed by atoms with van der Waals surface area (Å²) in [7, 11) is 2.05. The number of hydrogen-bond donors (Lipinski definition) is 1. The molecule has 1 aromatic heterocycles. The van der Waals surface area contributed by atoms with Crippen LogP contribution in [0.25, 0.3) is 0 Å². The topological polar surface area (TPSA) is 42.7 Å². The number of nitrogens with one attached hydrogen (secondary N) is 1. The highest BCUT2D eigenvalue weighted by molar-refractivity contribution is 4.97. The van der Waals surface area contributed by atoms with Crippen molar-refractivity contribution in [3.63, 3.8) is 0 Å². The lowest BCUT2D eigenvalue weighted by Crippen LogP contribution is -2.43. The zero-order chi connectivity index (χ0) is 12.6. The molecule has 0 saturated heterocycles. The Bertz CT molecular complexity index is 394. The molecular formula is C13H24N4. The standard InChI is InChI=1S/C13H24N4/c1-9-15-10(2)17(16-9)12-8-13(3,4)7-6-11(12)14-5/h11-12,14H,6-8H2,1-5H3. The molecule has 2 atom stereocenters. The van der Waals surface area contributed by atoms with Crippen molar-refractivity contribution in [2.45, 2.75) is 59.0 Å². The fourth-order valence-electron chi connectivity index (χ4n) is 2.99. The maximum absolute atomic E-state index is 4.56. The van der Waals surface area contributed by atoms with Gasteiger partial charge in [0.05, 0.1) is 6.04 Å². The van der Waals surface area contributed by atoms with E-state index in [1.54, 1.807) is 0 Å². The number of nitrogens with zero attached hydrogens (tertiary/aromatic N) is 3. The Kier molecular flexibility index (Phi) is 3.25. The van der Waals surface area contributed by atoms with Crippen LogP contribution in [0.1, 0.15) is 50.8 Å². The minimum Gasteiger partial charge on any atom is -0.315 e. The third kappa shape index (κ3) is 2.51. The normalized spacial score (nSPS) is 28.3. The van der Waals surface area contributed by atoms with Crippen LogP contribution in [0.3, 0.4) is 0 Å². The highest BCUT2D eigenvalue weighted by Crippen LogP contribution is 2.41. The summed E-state index contributed by atoms with van der Waals surface area (Å²) in [6.07, 6.45) is 3.66. The molecule has 1 aliphatic rings. The molecular weight excluding hydrogens is 212 g/mol. The summed E-state index contributed by atoms with van der Waals surface area (Å²) in [6.45, 7) is 8.72. The first-order valence-electron chi connectivity index (χ1n) is 6.50. The molecule has 1 aromatic rings. The monoisotopic (exact) mass is 236 g/mol. The van der Waals surface area contributed by atoms with E-state index < -0.39 is 0 Å². The molecule has 0 radical (unpaired) electrons. The summed E-state index contributed by atoms with van der Waals surface area (Å²) in [6, 6.07) is 0.952. The molecule has 2 rings (SSSR count). The summed E-state index contributed by atoms with van der Waals surface area (Å²) in [5.41, 5.74) is 0.407. The SMILES string of the molecule is CNC1CCC(C)(C)CC1n1nc(C)nc1C. The molecule has 0 spiro atoms. The largest absolute Gasteiger partial charge is 0.315 e. The maximum Gasteiger partial charge on any atom is 0.147 e. The van der Waals surface area contributed by atoms with Gasteiger partial charge >= 0.3 is 0 Å². The predicted octanol–water partition coefficient (Wildman–Crippen LogP) is 2.23. The number of rotatable bonds is 2. The van der Waals surface area contributed by atoms with E-state index in [1.165, 1.54) is 19.3 Å². The highest BCUT2D eigenvalue weighted by atomic mass is 15.4. The van der Waals surface area contributed by atoms with Gasteiger partial charge in [0, 0.05) is 6.04 Å². The first-order valence-corrected chi connectivity index (χ1v) is 6.50. The van der Waals surface area contributed by atoms with Crippen molar-refractivity contribution in [3.05, 3.63) is 11.6 Å². The van der Waals surface area contributed by atoms with E-state index in [-0.39, 0.29) is 0 Å². The van der Waals surface area contributed by atoms with Gasteiger partial charge in [0.25, 0.3) is 0 Å². The summed E-state index contributed by atoms with van der Waals surface area (Å²) < 4.78 is 2.12. The lowest BCUT2D eigenvalue weighted by molar-refractivity contribution is 0.136. The Morgan fingerprint density at radius 1 is 1.35 bits per heavy atom. The first kappa shape index (κ1) is 12.6. The van der Waals surface area contributed by atoms with E-state index >= 15 is 0 Å². The molecule has 0 amide bonds. The molecule has 0 aliphatic heterocycles. The van der Waals surface area contributed by atoms with Gasteiger partial charge in [-0.1, -0.05) is 13.8 Å². The van der Waals surface area contributed by atoms with Gasteiger partial charge in [-0.2, -0.15) is 5.10 Å². The van der Waals surface area contributed by atoms with Crippen molar-refractivity contribution < 1.29 is 0 Å². The summed E-state index contributed by atoms with van der Waals surface area (Å²) in [5, 5.41) is 8.00. The van der Waals surface area contributed by atoms with Gasteiger partial charge in [-0.05, 0) is 45.6 Å². The van der Waals surface area contributed by atoms with Gasteiger partial charge < -0.3 is 5.32 Å². The van der Waals surface area contributed by atoms with Gasteiger partial charge in [0.1, 0.15) is 11.6 Å². The molecule has 1 fully saturated rings. The second kappa shape index (κ2) is 4.41. The summed E-state index contributed by atoms with van der Waals surface area (Å²) in [4.78, 5) is 4.43. The van der Waals surface area contributed by atoms with E-state index in [0.29, 0.717) is 17.5 Å². The molecule has 1 heterocycles. The zero-order valence-corrected chi connectivity index (χ0v) is 11.6. The summed E-state index contributed by atoms with van der Waals surface area (Å²) in [5.74, 6) is 1.91. The Labute approximate surface area is 104 Å². The minimum absolute atomic E-state index is 0.407. The van der Waals surface area contributed by atoms with Crippen molar-refractivity contribution in [2.24, 2.45) is 5.41 Å². The summed E-state index contributed by atoms with van der Waals surface area (Å²) >= 11 is 0. The van der Waals surface area contributed by atoms with Crippen LogP contribution in [0.4, 0.5) is 0 Å². The molecule has 0 aromatic carbocycles. The Balaban J connectivity index is 2.29. The van der Waals surface area contributed by atoms with Crippen molar-refractivity contribution >= 4 is 0 Å². The molecule has 4 heteroatoms. The van der Waals surface area contributed by atoms with Crippen molar-refractivity contribution in [1.29, 1.82) is 0 Å². The molecule has 96 valence electrons. The predicted molar refractivity (Wildman–Crippen MR) is 69.0 cm³/mol. The van der Waals surface area contributed by atoms with Crippen molar-refractivity contribution in [1.82, 2.24) is 20.1 Å². The second-order valence-electron chi connectivity index (χ2n) is 6.02. The van der Waals surface area contributed by atoms with E-state index in [1.807, 2.05) is 13.8 Å². The van der Waals surface area contributed by atoms with E-state index in [4.69, 9.17) is 0 Å². The lowest BCUT2D eigenvalue weighted by Gasteiger charge is -2.40. The molecule has 2 unspecified atom stereocenters. The number of aryl methyl sites for hydroxylation is 2. The van der Waals surface area contributed by atoms with Crippen molar-refractivity contribution in [3.8, 4) is 0 Å². The van der Waals surface area contributed by atoms with Crippen LogP contribution in [0.15, 0.2) is 0 Å². The maximum atomic E-state index is 4.56. The third-order valence-corrected chi connectivity index (χ3v) is 3.95. The van der Waals surface area contributed by atoms with Crippen LogP contribution in [-0.4, -0.2) is 27.9 Å². The quantitative estimate of drug-likeness (QED) is 0.856. The zero-order valence-electron chi connectivity index (χ0n) is 11.6.